The molecule has 1 unspecified atom stereocenters. The van der Waals surface area contributed by atoms with Gasteiger partial charge in [-0.3, -0.25) is 9.63 Å². The lowest BCUT2D eigenvalue weighted by Gasteiger charge is -2.03. The Labute approximate surface area is 47.2 Å². The van der Waals surface area contributed by atoms with Crippen LogP contribution in [-0.2, 0) is 9.63 Å². The molecule has 8 heavy (non-hydrogen) atoms. The van der Waals surface area contributed by atoms with E-state index in [0.29, 0.717) is 6.61 Å². The Morgan fingerprint density at radius 2 is 2.62 bits per heavy atom. The van der Waals surface area contributed by atoms with Crippen molar-refractivity contribution >= 4 is 5.91 Å². The summed E-state index contributed by atoms with van der Waals surface area (Å²) < 4.78 is 0. The Kier molecular flexibility index (Phi) is 1.19. The molecule has 0 aromatic heterocycles. The first-order valence-electron chi connectivity index (χ1n) is 2.38. The van der Waals surface area contributed by atoms with Crippen LogP contribution in [0, 0.1) is 0 Å². The molecule has 4 nitrogen and oxygen atoms in total. The average molecular weight is 116 g/mol. The highest BCUT2D eigenvalue weighted by Crippen LogP contribution is 2.00. The molecule has 1 atom stereocenters. The van der Waals surface area contributed by atoms with Crippen LogP contribution in [0.3, 0.4) is 0 Å². The van der Waals surface area contributed by atoms with Gasteiger partial charge in [-0.15, -0.1) is 0 Å². The molecule has 0 aromatic carbocycles. The molecule has 0 bridgehead atoms. The zero-order valence-electron chi connectivity index (χ0n) is 4.63. The van der Waals surface area contributed by atoms with Crippen LogP contribution in [0.4, 0.5) is 0 Å². The largest absolute Gasteiger partial charge is 0.318 e. The van der Waals surface area contributed by atoms with Gasteiger partial charge in [0.2, 0.25) is 0 Å². The lowest BCUT2D eigenvalue weighted by molar-refractivity contribution is -0.154. The first-order valence-corrected chi connectivity index (χ1v) is 2.38. The second kappa shape index (κ2) is 1.72. The molecule has 1 amide bonds. The summed E-state index contributed by atoms with van der Waals surface area (Å²) in [6, 6.07) is -0.444. The van der Waals surface area contributed by atoms with Crippen molar-refractivity contribution in [1.29, 1.82) is 0 Å². The highest BCUT2D eigenvalue weighted by molar-refractivity contribution is 5.81. The lowest BCUT2D eigenvalue weighted by Crippen LogP contribution is -2.32. The van der Waals surface area contributed by atoms with Gasteiger partial charge in [0.15, 0.2) is 0 Å². The fourth-order valence-electron chi connectivity index (χ4n) is 0.561. The Bertz CT molecular complexity index is 103. The number of nitrogens with zero attached hydrogens (tertiary/aromatic N) is 1. The van der Waals surface area contributed by atoms with E-state index in [1.807, 2.05) is 0 Å². The molecule has 1 aliphatic heterocycles. The minimum absolute atomic E-state index is 0.148. The van der Waals surface area contributed by atoms with Gasteiger partial charge in [-0.2, -0.15) is 0 Å². The highest BCUT2D eigenvalue weighted by Gasteiger charge is 2.26. The molecular formula is C4H8N2O2. The Morgan fingerprint density at radius 3 is 2.75 bits per heavy atom. The fourth-order valence-corrected chi connectivity index (χ4v) is 0.561. The third-order valence-electron chi connectivity index (χ3n) is 1.08. The summed E-state index contributed by atoms with van der Waals surface area (Å²) in [5.74, 6) is -0.148. The van der Waals surface area contributed by atoms with Crippen LogP contribution in [0.2, 0.25) is 0 Å². The van der Waals surface area contributed by atoms with Gasteiger partial charge in [0.1, 0.15) is 6.04 Å². The van der Waals surface area contributed by atoms with E-state index in [1.165, 1.54) is 0 Å². The highest BCUT2D eigenvalue weighted by atomic mass is 16.7. The van der Waals surface area contributed by atoms with Crippen LogP contribution in [0.1, 0.15) is 0 Å². The molecule has 1 saturated heterocycles. The van der Waals surface area contributed by atoms with Crippen LogP contribution in [0.15, 0.2) is 0 Å². The second-order valence-electron chi connectivity index (χ2n) is 1.74. The van der Waals surface area contributed by atoms with Crippen molar-refractivity contribution in [2.75, 3.05) is 13.7 Å². The van der Waals surface area contributed by atoms with Crippen molar-refractivity contribution in [2.24, 2.45) is 5.73 Å². The predicted molar refractivity (Wildman–Crippen MR) is 26.7 cm³/mol. The lowest BCUT2D eigenvalue weighted by atomic mass is 10.3. The first kappa shape index (κ1) is 5.53. The van der Waals surface area contributed by atoms with Crippen LogP contribution in [-0.4, -0.2) is 30.7 Å². The minimum Gasteiger partial charge on any atom is -0.318 e. The summed E-state index contributed by atoms with van der Waals surface area (Å²) in [5.41, 5.74) is 5.25. The minimum atomic E-state index is -0.444. The van der Waals surface area contributed by atoms with Crippen molar-refractivity contribution in [3.63, 3.8) is 0 Å². The van der Waals surface area contributed by atoms with Gasteiger partial charge in [-0.1, -0.05) is 0 Å². The molecule has 0 saturated carbocycles. The maximum Gasteiger partial charge on any atom is 0.265 e. The van der Waals surface area contributed by atoms with E-state index in [1.54, 1.807) is 7.05 Å². The number of carbonyl (C=O) groups is 1. The maximum atomic E-state index is 10.6. The number of rotatable bonds is 0. The van der Waals surface area contributed by atoms with E-state index in [0.717, 1.165) is 5.06 Å². The topological polar surface area (TPSA) is 55.6 Å². The number of likely N-dealkylation sites (N-methyl/N-ethyl adjacent to an activating group) is 1. The molecule has 0 radical (unpaired) electrons. The molecule has 1 fully saturated rings. The van der Waals surface area contributed by atoms with Gasteiger partial charge in [0.05, 0.1) is 6.61 Å². The number of hydroxylamine groups is 2. The second-order valence-corrected chi connectivity index (χ2v) is 1.74. The van der Waals surface area contributed by atoms with Crippen molar-refractivity contribution in [1.82, 2.24) is 5.06 Å². The first-order chi connectivity index (χ1) is 3.72. The number of amides is 1. The summed E-state index contributed by atoms with van der Waals surface area (Å²) in [7, 11) is 1.55. The standard InChI is InChI=1S/C4H8N2O2/c1-6-4(7)3(5)2-8-6/h3H,2,5H2,1H3. The number of nitrogens with two attached hydrogens (primary N) is 1. The van der Waals surface area contributed by atoms with E-state index in [-0.39, 0.29) is 5.91 Å². The summed E-state index contributed by atoms with van der Waals surface area (Å²) in [6.07, 6.45) is 0. The summed E-state index contributed by atoms with van der Waals surface area (Å²) in [6.45, 7) is 0.315. The van der Waals surface area contributed by atoms with E-state index in [2.05, 4.69) is 0 Å². The molecular weight excluding hydrogens is 108 g/mol. The monoisotopic (exact) mass is 116 g/mol. The van der Waals surface area contributed by atoms with Gasteiger partial charge in [0, 0.05) is 7.05 Å². The van der Waals surface area contributed by atoms with Gasteiger partial charge in [-0.25, -0.2) is 5.06 Å². The summed E-state index contributed by atoms with van der Waals surface area (Å²) in [5, 5.41) is 1.16. The summed E-state index contributed by atoms with van der Waals surface area (Å²) in [4.78, 5) is 15.3. The number of carbonyl (C=O) groups excluding carboxylic acids is 1. The van der Waals surface area contributed by atoms with E-state index in [9.17, 15) is 4.79 Å². The Morgan fingerprint density at radius 1 is 2.00 bits per heavy atom. The number of hydrogen-bond donors (Lipinski definition) is 1. The molecule has 0 aromatic rings. The van der Waals surface area contributed by atoms with Crippen LogP contribution >= 0.6 is 0 Å². The smallest absolute Gasteiger partial charge is 0.265 e. The molecule has 46 valence electrons. The third kappa shape index (κ3) is 0.677. The zero-order valence-corrected chi connectivity index (χ0v) is 4.63. The van der Waals surface area contributed by atoms with E-state index >= 15 is 0 Å². The van der Waals surface area contributed by atoms with Crippen molar-refractivity contribution < 1.29 is 9.63 Å². The van der Waals surface area contributed by atoms with Crippen molar-refractivity contribution in [2.45, 2.75) is 6.04 Å². The third-order valence-corrected chi connectivity index (χ3v) is 1.08. The molecule has 0 aliphatic carbocycles. The van der Waals surface area contributed by atoms with Gasteiger partial charge in [-0.05, 0) is 0 Å². The number of hydrogen-bond acceptors (Lipinski definition) is 3. The van der Waals surface area contributed by atoms with Crippen molar-refractivity contribution in [3.8, 4) is 0 Å². The molecule has 1 aliphatic rings. The Balaban J connectivity index is 2.57. The summed E-state index contributed by atoms with van der Waals surface area (Å²) >= 11 is 0. The molecule has 1 heterocycles. The zero-order chi connectivity index (χ0) is 6.15. The molecule has 2 N–H and O–H groups in total. The molecule has 4 heteroatoms. The van der Waals surface area contributed by atoms with E-state index < -0.39 is 6.04 Å². The Hall–Kier alpha value is -0.610. The molecule has 1 rings (SSSR count). The maximum absolute atomic E-state index is 10.6. The average Bonchev–Trinajstić information content (AvgIpc) is 1.98. The van der Waals surface area contributed by atoms with Crippen LogP contribution in [0.25, 0.3) is 0 Å². The van der Waals surface area contributed by atoms with Gasteiger partial charge in [0.25, 0.3) is 5.91 Å². The van der Waals surface area contributed by atoms with Crippen LogP contribution in [0.5, 0.6) is 0 Å². The quantitative estimate of drug-likeness (QED) is 0.428. The normalized spacial score (nSPS) is 29.5. The SMILES string of the molecule is CN1OCC(N)C1=O. The predicted octanol–water partition coefficient (Wildman–Crippen LogP) is -1.28. The van der Waals surface area contributed by atoms with Crippen molar-refractivity contribution in [3.05, 3.63) is 0 Å². The molecule has 0 spiro atoms. The van der Waals surface area contributed by atoms with Gasteiger partial charge < -0.3 is 5.73 Å². The fraction of sp³-hybridized carbons (Fsp3) is 0.750. The van der Waals surface area contributed by atoms with Gasteiger partial charge >= 0.3 is 0 Å². The van der Waals surface area contributed by atoms with E-state index in [4.69, 9.17) is 10.6 Å². The van der Waals surface area contributed by atoms with Crippen LogP contribution < -0.4 is 5.73 Å².